The number of hydrogen-bond acceptors (Lipinski definition) is 3. The van der Waals surface area contributed by atoms with E-state index in [1.807, 2.05) is 20.8 Å². The van der Waals surface area contributed by atoms with Crippen LogP contribution >= 0.6 is 0 Å². The molecule has 1 aromatic carbocycles. The van der Waals surface area contributed by atoms with Crippen LogP contribution in [0.5, 0.6) is 5.75 Å². The molecule has 0 spiro atoms. The van der Waals surface area contributed by atoms with Crippen LogP contribution in [-0.2, 0) is 4.79 Å². The zero-order valence-corrected chi connectivity index (χ0v) is 11.4. The van der Waals surface area contributed by atoms with E-state index < -0.39 is 0 Å². The Morgan fingerprint density at radius 2 is 1.67 bits per heavy atom. The number of Topliss-reactive ketones (excluding diaryl/α,β-unsaturated/α-hetero) is 2. The van der Waals surface area contributed by atoms with Crippen molar-refractivity contribution in [3.63, 3.8) is 0 Å². The van der Waals surface area contributed by atoms with E-state index in [2.05, 4.69) is 0 Å². The number of ether oxygens (including phenoxy) is 1. The number of ketones is 2. The van der Waals surface area contributed by atoms with Gasteiger partial charge in [-0.1, -0.05) is 20.8 Å². The third kappa shape index (κ3) is 4.70. The molecule has 0 aromatic heterocycles. The van der Waals surface area contributed by atoms with Gasteiger partial charge < -0.3 is 4.74 Å². The Bertz CT molecular complexity index is 424. The maximum Gasteiger partial charge on any atom is 0.170 e. The van der Waals surface area contributed by atoms with Crippen LogP contribution in [0.15, 0.2) is 24.3 Å². The van der Waals surface area contributed by atoms with E-state index in [-0.39, 0.29) is 23.4 Å². The second-order valence-electron chi connectivity index (χ2n) is 5.60. The first kappa shape index (κ1) is 14.4. The summed E-state index contributed by atoms with van der Waals surface area (Å²) in [6.45, 7) is 5.97. The van der Waals surface area contributed by atoms with Crippen molar-refractivity contribution in [2.24, 2.45) is 5.41 Å². The lowest BCUT2D eigenvalue weighted by Crippen LogP contribution is -2.16. The van der Waals surface area contributed by atoms with Crippen LogP contribution < -0.4 is 4.74 Å². The molecule has 0 unspecified atom stereocenters. The summed E-state index contributed by atoms with van der Waals surface area (Å²) in [7, 11) is 1.57. The van der Waals surface area contributed by atoms with Gasteiger partial charge >= 0.3 is 0 Å². The Morgan fingerprint density at radius 1 is 1.11 bits per heavy atom. The molecule has 18 heavy (non-hydrogen) atoms. The molecule has 0 aliphatic rings. The van der Waals surface area contributed by atoms with Gasteiger partial charge in [0.25, 0.3) is 0 Å². The van der Waals surface area contributed by atoms with Crippen LogP contribution in [0.4, 0.5) is 0 Å². The lowest BCUT2D eigenvalue weighted by Gasteiger charge is -2.16. The lowest BCUT2D eigenvalue weighted by molar-refractivity contribution is -0.119. The molecule has 0 radical (unpaired) electrons. The number of methoxy groups -OCH3 is 1. The Kier molecular flexibility index (Phi) is 4.65. The van der Waals surface area contributed by atoms with Crippen molar-refractivity contribution in [1.29, 1.82) is 0 Å². The minimum absolute atomic E-state index is 0.0108. The number of benzene rings is 1. The summed E-state index contributed by atoms with van der Waals surface area (Å²) in [5.74, 6) is 0.558. The Labute approximate surface area is 108 Å². The van der Waals surface area contributed by atoms with Crippen molar-refractivity contribution < 1.29 is 14.3 Å². The van der Waals surface area contributed by atoms with Gasteiger partial charge in [0.05, 0.1) is 13.5 Å². The Hall–Kier alpha value is -1.64. The van der Waals surface area contributed by atoms with Gasteiger partial charge in [0, 0.05) is 12.0 Å². The monoisotopic (exact) mass is 248 g/mol. The normalized spacial score (nSPS) is 11.1. The van der Waals surface area contributed by atoms with Crippen LogP contribution in [0.25, 0.3) is 0 Å². The zero-order chi connectivity index (χ0) is 13.8. The largest absolute Gasteiger partial charge is 0.497 e. The second-order valence-corrected chi connectivity index (χ2v) is 5.60. The van der Waals surface area contributed by atoms with Gasteiger partial charge in [0.2, 0.25) is 0 Å². The highest BCUT2D eigenvalue weighted by molar-refractivity contribution is 6.08. The van der Waals surface area contributed by atoms with Gasteiger partial charge in [-0.3, -0.25) is 9.59 Å². The summed E-state index contributed by atoms with van der Waals surface area (Å²) in [5, 5.41) is 0. The topological polar surface area (TPSA) is 43.4 Å². The van der Waals surface area contributed by atoms with E-state index in [0.717, 1.165) is 0 Å². The van der Waals surface area contributed by atoms with Gasteiger partial charge in [0.15, 0.2) is 5.78 Å². The molecule has 0 saturated heterocycles. The van der Waals surface area contributed by atoms with Gasteiger partial charge in [-0.2, -0.15) is 0 Å². The fraction of sp³-hybridized carbons (Fsp3) is 0.467. The highest BCUT2D eigenvalue weighted by Gasteiger charge is 2.19. The lowest BCUT2D eigenvalue weighted by atomic mass is 9.88. The fourth-order valence-electron chi connectivity index (χ4n) is 1.71. The molecule has 0 N–H and O–H groups in total. The highest BCUT2D eigenvalue weighted by atomic mass is 16.5. The number of hydrogen-bond donors (Lipinski definition) is 0. The van der Waals surface area contributed by atoms with Crippen LogP contribution in [0.1, 0.15) is 44.0 Å². The summed E-state index contributed by atoms with van der Waals surface area (Å²) in [5.41, 5.74) is 0.482. The van der Waals surface area contributed by atoms with E-state index in [1.54, 1.807) is 31.4 Å². The first-order valence-electron chi connectivity index (χ1n) is 6.01. The average molecular weight is 248 g/mol. The van der Waals surface area contributed by atoms with Gasteiger partial charge in [-0.15, -0.1) is 0 Å². The van der Waals surface area contributed by atoms with Crippen molar-refractivity contribution in [3.05, 3.63) is 29.8 Å². The smallest absolute Gasteiger partial charge is 0.170 e. The van der Waals surface area contributed by atoms with E-state index >= 15 is 0 Å². The first-order valence-corrected chi connectivity index (χ1v) is 6.01. The predicted octanol–water partition coefficient (Wildman–Crippen LogP) is 3.27. The minimum Gasteiger partial charge on any atom is -0.497 e. The highest BCUT2D eigenvalue weighted by Crippen LogP contribution is 2.20. The SMILES string of the molecule is COc1ccc(C(=O)CC(=O)CC(C)(C)C)cc1. The van der Waals surface area contributed by atoms with Crippen LogP contribution in [0, 0.1) is 5.41 Å². The zero-order valence-electron chi connectivity index (χ0n) is 11.4. The molecule has 0 heterocycles. The summed E-state index contributed by atoms with van der Waals surface area (Å²) in [6, 6.07) is 6.82. The Morgan fingerprint density at radius 3 is 2.11 bits per heavy atom. The maximum atomic E-state index is 11.9. The van der Waals surface area contributed by atoms with E-state index in [9.17, 15) is 9.59 Å². The molecule has 0 fully saturated rings. The van der Waals surface area contributed by atoms with Crippen LogP contribution in [0.2, 0.25) is 0 Å². The third-order valence-corrected chi connectivity index (χ3v) is 2.50. The standard InChI is InChI=1S/C15H20O3/c1-15(2,3)10-12(16)9-14(17)11-5-7-13(18-4)8-6-11/h5-8H,9-10H2,1-4H3. The van der Waals surface area contributed by atoms with Crippen molar-refractivity contribution in [1.82, 2.24) is 0 Å². The summed E-state index contributed by atoms with van der Waals surface area (Å²) < 4.78 is 5.02. The van der Waals surface area contributed by atoms with Gasteiger partial charge in [-0.25, -0.2) is 0 Å². The van der Waals surface area contributed by atoms with Crippen molar-refractivity contribution in [2.75, 3.05) is 7.11 Å². The average Bonchev–Trinajstić information content (AvgIpc) is 2.26. The molecule has 1 aromatic rings. The quantitative estimate of drug-likeness (QED) is 0.593. The number of carbonyl (C=O) groups is 2. The van der Waals surface area contributed by atoms with E-state index in [4.69, 9.17) is 4.74 Å². The summed E-state index contributed by atoms with van der Waals surface area (Å²) in [4.78, 5) is 23.6. The number of rotatable bonds is 5. The predicted molar refractivity (Wildman–Crippen MR) is 71.0 cm³/mol. The van der Waals surface area contributed by atoms with E-state index in [1.165, 1.54) is 0 Å². The molecule has 0 atom stereocenters. The summed E-state index contributed by atoms with van der Waals surface area (Å²) >= 11 is 0. The van der Waals surface area contributed by atoms with Crippen molar-refractivity contribution in [3.8, 4) is 5.75 Å². The second kappa shape index (κ2) is 5.80. The van der Waals surface area contributed by atoms with Crippen LogP contribution in [0.3, 0.4) is 0 Å². The fourth-order valence-corrected chi connectivity index (χ4v) is 1.71. The van der Waals surface area contributed by atoms with Gasteiger partial charge in [-0.05, 0) is 29.7 Å². The van der Waals surface area contributed by atoms with Gasteiger partial charge in [0.1, 0.15) is 11.5 Å². The van der Waals surface area contributed by atoms with Crippen LogP contribution in [-0.4, -0.2) is 18.7 Å². The van der Waals surface area contributed by atoms with E-state index in [0.29, 0.717) is 17.7 Å². The molecular formula is C15H20O3. The molecule has 98 valence electrons. The summed E-state index contributed by atoms with van der Waals surface area (Å²) in [6.07, 6.45) is 0.401. The molecule has 3 nitrogen and oxygen atoms in total. The number of carbonyl (C=O) groups excluding carboxylic acids is 2. The molecule has 0 saturated carbocycles. The maximum absolute atomic E-state index is 11.9. The third-order valence-electron chi connectivity index (χ3n) is 2.50. The van der Waals surface area contributed by atoms with Crippen molar-refractivity contribution in [2.45, 2.75) is 33.6 Å². The minimum atomic E-state index is -0.132. The molecule has 0 amide bonds. The molecule has 1 rings (SSSR count). The molecule has 3 heteroatoms. The van der Waals surface area contributed by atoms with Crippen molar-refractivity contribution >= 4 is 11.6 Å². The molecular weight excluding hydrogens is 228 g/mol. The Balaban J connectivity index is 2.62. The first-order chi connectivity index (χ1) is 8.31. The molecule has 0 bridgehead atoms. The molecule has 0 aliphatic heterocycles. The molecule has 0 aliphatic carbocycles.